The second kappa shape index (κ2) is 7.40. The van der Waals surface area contributed by atoms with Crippen molar-refractivity contribution < 1.29 is 29.0 Å². The van der Waals surface area contributed by atoms with E-state index in [1.54, 1.807) is 20.8 Å². The summed E-state index contributed by atoms with van der Waals surface area (Å²) in [6.45, 7) is 5.30. The van der Waals surface area contributed by atoms with E-state index in [9.17, 15) is 19.5 Å². The van der Waals surface area contributed by atoms with Crippen LogP contribution in [-0.2, 0) is 23.9 Å². The van der Waals surface area contributed by atoms with Crippen molar-refractivity contribution in [3.05, 3.63) is 0 Å². The number of hydrogen-bond donors (Lipinski definition) is 1. The van der Waals surface area contributed by atoms with Gasteiger partial charge in [0.2, 0.25) is 0 Å². The second-order valence-electron chi connectivity index (χ2n) is 5.14. The Balaban J connectivity index is 4.66. The third-order valence-corrected chi connectivity index (χ3v) is 3.08. The maximum absolute atomic E-state index is 11.6. The number of esters is 2. The molecule has 2 atom stereocenters. The molecular weight excluding hydrogens is 400 g/mol. The summed E-state index contributed by atoms with van der Waals surface area (Å²) < 4.78 is 8.92. The standard InChI is InChI=1S/C12H18Br2O6/c1-7(13)8(15)19-5-12(4,9(16)17)6-20-10(18)11(2,3)14/h7H,5-6H2,1-4H3,(H,16,17). The maximum Gasteiger partial charge on any atom is 0.322 e. The minimum Gasteiger partial charge on any atom is -0.481 e. The molecule has 0 radical (unpaired) electrons. The normalized spacial score (nSPS) is 15.9. The molecule has 0 heterocycles. The molecule has 0 spiro atoms. The molecule has 116 valence electrons. The number of carbonyl (C=O) groups excluding carboxylic acids is 2. The lowest BCUT2D eigenvalue weighted by Gasteiger charge is -2.25. The van der Waals surface area contributed by atoms with Gasteiger partial charge in [-0.05, 0) is 27.7 Å². The summed E-state index contributed by atoms with van der Waals surface area (Å²) in [6, 6.07) is 0. The summed E-state index contributed by atoms with van der Waals surface area (Å²) in [7, 11) is 0. The van der Waals surface area contributed by atoms with Gasteiger partial charge in [-0.2, -0.15) is 0 Å². The molecule has 6 nitrogen and oxygen atoms in total. The van der Waals surface area contributed by atoms with Gasteiger partial charge in [-0.15, -0.1) is 0 Å². The van der Waals surface area contributed by atoms with E-state index in [1.807, 2.05) is 0 Å². The molecule has 20 heavy (non-hydrogen) atoms. The van der Waals surface area contributed by atoms with E-state index >= 15 is 0 Å². The van der Waals surface area contributed by atoms with Crippen LogP contribution in [0, 0.1) is 5.41 Å². The minimum absolute atomic E-state index is 0.382. The van der Waals surface area contributed by atoms with Gasteiger partial charge in [-0.1, -0.05) is 31.9 Å². The number of alkyl halides is 2. The Hall–Kier alpha value is -0.630. The van der Waals surface area contributed by atoms with E-state index in [-0.39, 0.29) is 13.2 Å². The van der Waals surface area contributed by atoms with Gasteiger partial charge < -0.3 is 14.6 Å². The lowest BCUT2D eigenvalue weighted by atomic mass is 9.93. The van der Waals surface area contributed by atoms with Crippen molar-refractivity contribution in [1.29, 1.82) is 0 Å². The number of halogens is 2. The topological polar surface area (TPSA) is 89.9 Å². The molecular formula is C12H18Br2O6. The smallest absolute Gasteiger partial charge is 0.322 e. The van der Waals surface area contributed by atoms with Crippen LogP contribution in [0.4, 0.5) is 0 Å². The molecule has 0 bridgehead atoms. The zero-order valence-corrected chi connectivity index (χ0v) is 14.9. The van der Waals surface area contributed by atoms with Crippen molar-refractivity contribution in [1.82, 2.24) is 0 Å². The maximum atomic E-state index is 11.6. The number of hydrogen-bond acceptors (Lipinski definition) is 5. The Morgan fingerprint density at radius 2 is 1.60 bits per heavy atom. The van der Waals surface area contributed by atoms with Gasteiger partial charge in [0.25, 0.3) is 0 Å². The Bertz CT molecular complexity index is 388. The largest absolute Gasteiger partial charge is 0.481 e. The average molecular weight is 418 g/mol. The zero-order chi connectivity index (χ0) is 16.1. The summed E-state index contributed by atoms with van der Waals surface area (Å²) >= 11 is 6.14. The molecule has 0 aromatic rings. The van der Waals surface area contributed by atoms with Crippen LogP contribution in [0.3, 0.4) is 0 Å². The predicted octanol–water partition coefficient (Wildman–Crippen LogP) is 2.12. The van der Waals surface area contributed by atoms with Gasteiger partial charge in [0.05, 0.1) is 0 Å². The van der Waals surface area contributed by atoms with Crippen LogP contribution in [0.2, 0.25) is 0 Å². The summed E-state index contributed by atoms with van der Waals surface area (Å²) in [5, 5.41) is 9.19. The molecule has 1 N–H and O–H groups in total. The summed E-state index contributed by atoms with van der Waals surface area (Å²) in [5.74, 6) is -2.39. The van der Waals surface area contributed by atoms with Crippen molar-refractivity contribution in [2.24, 2.45) is 5.41 Å². The fourth-order valence-electron chi connectivity index (χ4n) is 0.907. The highest BCUT2D eigenvalue weighted by Gasteiger charge is 2.38. The van der Waals surface area contributed by atoms with Gasteiger partial charge in [0.1, 0.15) is 27.8 Å². The Kier molecular flexibility index (Phi) is 7.17. The van der Waals surface area contributed by atoms with Gasteiger partial charge in [0.15, 0.2) is 0 Å². The number of aliphatic carboxylic acids is 1. The third kappa shape index (κ3) is 6.21. The van der Waals surface area contributed by atoms with Crippen LogP contribution in [0.15, 0.2) is 0 Å². The molecule has 2 unspecified atom stereocenters. The second-order valence-corrected chi connectivity index (χ2v) is 8.49. The molecule has 0 aliphatic heterocycles. The zero-order valence-electron chi connectivity index (χ0n) is 11.7. The van der Waals surface area contributed by atoms with Crippen molar-refractivity contribution in [3.8, 4) is 0 Å². The van der Waals surface area contributed by atoms with Crippen molar-refractivity contribution in [2.75, 3.05) is 13.2 Å². The Labute approximate surface area is 134 Å². The molecule has 0 fully saturated rings. The molecule has 0 saturated carbocycles. The van der Waals surface area contributed by atoms with Crippen LogP contribution in [0.1, 0.15) is 27.7 Å². The lowest BCUT2D eigenvalue weighted by molar-refractivity contribution is -0.166. The van der Waals surface area contributed by atoms with Crippen LogP contribution in [0.25, 0.3) is 0 Å². The molecule has 0 aliphatic carbocycles. The minimum atomic E-state index is -1.49. The van der Waals surface area contributed by atoms with E-state index in [0.717, 1.165) is 0 Å². The van der Waals surface area contributed by atoms with Crippen LogP contribution < -0.4 is 0 Å². The highest BCUT2D eigenvalue weighted by atomic mass is 79.9. The van der Waals surface area contributed by atoms with Crippen molar-refractivity contribution in [2.45, 2.75) is 36.8 Å². The first kappa shape index (κ1) is 19.4. The first-order valence-electron chi connectivity index (χ1n) is 5.80. The molecule has 0 aromatic carbocycles. The first-order valence-corrected chi connectivity index (χ1v) is 7.51. The fraction of sp³-hybridized carbons (Fsp3) is 0.750. The van der Waals surface area contributed by atoms with Crippen LogP contribution in [0.5, 0.6) is 0 Å². The van der Waals surface area contributed by atoms with E-state index in [4.69, 9.17) is 9.47 Å². The number of carboxylic acids is 1. The SMILES string of the molecule is CC(Br)C(=O)OCC(C)(COC(=O)C(C)(C)Br)C(=O)O. The molecule has 0 rings (SSSR count). The van der Waals surface area contributed by atoms with E-state index in [2.05, 4.69) is 31.9 Å². The molecule has 0 saturated heterocycles. The highest BCUT2D eigenvalue weighted by Crippen LogP contribution is 2.23. The molecule has 0 aromatic heterocycles. The number of rotatable bonds is 7. The molecule has 0 amide bonds. The Morgan fingerprint density at radius 3 is 1.95 bits per heavy atom. The van der Waals surface area contributed by atoms with Gasteiger partial charge in [-0.3, -0.25) is 14.4 Å². The van der Waals surface area contributed by atoms with Crippen molar-refractivity contribution >= 4 is 49.8 Å². The van der Waals surface area contributed by atoms with Gasteiger partial charge in [0, 0.05) is 0 Å². The fourth-order valence-corrected chi connectivity index (χ4v) is 1.15. The number of carbonyl (C=O) groups is 3. The molecule has 8 heteroatoms. The summed E-state index contributed by atoms with van der Waals surface area (Å²) in [6.07, 6.45) is 0. The van der Waals surface area contributed by atoms with Crippen molar-refractivity contribution in [3.63, 3.8) is 0 Å². The summed E-state index contributed by atoms with van der Waals surface area (Å²) in [5.41, 5.74) is -1.49. The number of carboxylic acid groups (broad SMARTS) is 1. The lowest BCUT2D eigenvalue weighted by Crippen LogP contribution is -2.41. The number of ether oxygens (including phenoxy) is 2. The summed E-state index contributed by atoms with van der Waals surface area (Å²) in [4.78, 5) is 33.7. The first-order chi connectivity index (χ1) is 8.90. The van der Waals surface area contributed by atoms with E-state index in [1.165, 1.54) is 6.92 Å². The molecule has 0 aliphatic rings. The third-order valence-electron chi connectivity index (χ3n) is 2.38. The van der Waals surface area contributed by atoms with E-state index in [0.29, 0.717) is 0 Å². The highest BCUT2D eigenvalue weighted by molar-refractivity contribution is 9.10. The van der Waals surface area contributed by atoms with Gasteiger partial charge in [-0.25, -0.2) is 0 Å². The Morgan fingerprint density at radius 1 is 1.15 bits per heavy atom. The average Bonchev–Trinajstić information content (AvgIpc) is 2.31. The van der Waals surface area contributed by atoms with Crippen LogP contribution in [-0.4, -0.2) is 45.4 Å². The van der Waals surface area contributed by atoms with E-state index < -0.39 is 32.5 Å². The van der Waals surface area contributed by atoms with Crippen LogP contribution >= 0.6 is 31.9 Å². The van der Waals surface area contributed by atoms with Gasteiger partial charge >= 0.3 is 17.9 Å². The predicted molar refractivity (Wildman–Crippen MR) is 79.1 cm³/mol. The monoisotopic (exact) mass is 416 g/mol. The quantitative estimate of drug-likeness (QED) is 0.504.